The minimum absolute atomic E-state index is 0.0964. The van der Waals surface area contributed by atoms with E-state index in [1.165, 1.54) is 0 Å². The fourth-order valence-corrected chi connectivity index (χ4v) is 6.79. The fraction of sp³-hybridized carbons (Fsp3) is 0.765. The highest BCUT2D eigenvalue weighted by molar-refractivity contribution is 6.66. The van der Waals surface area contributed by atoms with Gasteiger partial charge in [-0.2, -0.15) is 5.10 Å². The maximum absolute atomic E-state index is 12.8. The van der Waals surface area contributed by atoms with Crippen LogP contribution < -0.4 is 5.46 Å². The van der Waals surface area contributed by atoms with Gasteiger partial charge in [-0.25, -0.2) is 9.48 Å². The minimum atomic E-state index is -0.553. The topological polar surface area (TPSA) is 87.5 Å². The number of carbonyl (C=O) groups excluding carboxylic acids is 1. The molecule has 46 heavy (non-hydrogen) atoms. The van der Waals surface area contributed by atoms with Crippen molar-refractivity contribution in [1.29, 1.82) is 0 Å². The monoisotopic (exact) mass is 660 g/mol. The van der Waals surface area contributed by atoms with E-state index in [1.807, 2.05) is 42.6 Å². The first-order valence-electron chi connectivity index (χ1n) is 17.0. The molecule has 0 spiro atoms. The van der Waals surface area contributed by atoms with Crippen LogP contribution in [0.1, 0.15) is 92.4 Å². The molecule has 0 N–H and O–H groups in total. The number of rotatable bonds is 9. The summed E-state index contributed by atoms with van der Waals surface area (Å²) in [6.45, 7) is 19.0. The van der Waals surface area contributed by atoms with Gasteiger partial charge in [-0.3, -0.25) is 0 Å². The fourth-order valence-electron chi connectivity index (χ4n) is 6.49. The smallest absolute Gasteiger partial charge is 0.444 e. The molecule has 3 saturated heterocycles. The first-order chi connectivity index (χ1) is 21.6. The maximum Gasteiger partial charge on any atom is 0.495 e. The number of ether oxygens (including phenoxy) is 3. The van der Waals surface area contributed by atoms with Crippen molar-refractivity contribution in [2.75, 3.05) is 53.0 Å². The molecule has 2 atom stereocenters. The molecule has 10 nitrogen and oxygen atoms in total. The Hall–Kier alpha value is -1.89. The summed E-state index contributed by atoms with van der Waals surface area (Å²) in [5.74, 6) is 0.219. The van der Waals surface area contributed by atoms with Crippen molar-refractivity contribution in [3.8, 4) is 0 Å². The van der Waals surface area contributed by atoms with Crippen molar-refractivity contribution in [2.24, 2.45) is 5.92 Å². The van der Waals surface area contributed by atoms with E-state index in [1.54, 1.807) is 0 Å². The van der Waals surface area contributed by atoms with Crippen molar-refractivity contribution in [1.82, 2.24) is 19.6 Å². The van der Waals surface area contributed by atoms with Crippen LogP contribution >= 0.6 is 11.6 Å². The van der Waals surface area contributed by atoms with Crippen LogP contribution in [0, 0.1) is 5.92 Å². The van der Waals surface area contributed by atoms with Gasteiger partial charge in [-0.05, 0) is 111 Å². The van der Waals surface area contributed by atoms with Crippen molar-refractivity contribution in [3.05, 3.63) is 22.8 Å². The van der Waals surface area contributed by atoms with Gasteiger partial charge in [-0.15, -0.1) is 0 Å². The average Bonchev–Trinajstić information content (AvgIpc) is 3.39. The molecule has 1 unspecified atom stereocenters. The zero-order valence-corrected chi connectivity index (χ0v) is 30.0. The summed E-state index contributed by atoms with van der Waals surface area (Å²) < 4.78 is 33.0. The van der Waals surface area contributed by atoms with Gasteiger partial charge < -0.3 is 33.3 Å². The third kappa shape index (κ3) is 8.21. The number of carbonyl (C=O) groups is 1. The second-order valence-electron chi connectivity index (χ2n) is 15.3. The van der Waals surface area contributed by atoms with Crippen LogP contribution in [0.3, 0.4) is 0 Å². The highest BCUT2D eigenvalue weighted by Gasteiger charge is 2.53. The predicted octanol–water partition coefficient (Wildman–Crippen LogP) is 5.83. The highest BCUT2D eigenvalue weighted by Crippen LogP contribution is 2.39. The molecule has 0 saturated carbocycles. The molecule has 0 radical (unpaired) electrons. The molecule has 5 rings (SSSR count). The number of likely N-dealkylation sites (N-methyl/N-ethyl adjacent to an activating group) is 1. The van der Waals surface area contributed by atoms with Gasteiger partial charge in [0.15, 0.2) is 6.23 Å². The molecule has 0 bridgehead atoms. The first-order valence-corrected chi connectivity index (χ1v) is 17.4. The molecule has 1 amide bonds. The van der Waals surface area contributed by atoms with Gasteiger partial charge in [0.2, 0.25) is 0 Å². The first kappa shape index (κ1) is 35.4. The lowest BCUT2D eigenvalue weighted by Gasteiger charge is -2.32. The number of amides is 1. The lowest BCUT2D eigenvalue weighted by atomic mass is 9.73. The summed E-state index contributed by atoms with van der Waals surface area (Å²) in [5, 5.41) is 6.47. The van der Waals surface area contributed by atoms with Crippen LogP contribution in [-0.4, -0.2) is 103 Å². The summed E-state index contributed by atoms with van der Waals surface area (Å²) in [6.07, 6.45) is 7.23. The average molecular weight is 661 g/mol. The number of hydrogen-bond donors (Lipinski definition) is 0. The Kier molecular flexibility index (Phi) is 11.0. The minimum Gasteiger partial charge on any atom is -0.444 e. The van der Waals surface area contributed by atoms with E-state index >= 15 is 0 Å². The second-order valence-corrected chi connectivity index (χ2v) is 15.7. The Morgan fingerprint density at radius 3 is 2.52 bits per heavy atom. The number of benzene rings is 1. The largest absolute Gasteiger partial charge is 0.495 e. The van der Waals surface area contributed by atoms with Crippen molar-refractivity contribution in [3.63, 3.8) is 0 Å². The zero-order valence-electron chi connectivity index (χ0n) is 29.2. The van der Waals surface area contributed by atoms with Gasteiger partial charge in [0.1, 0.15) is 5.60 Å². The van der Waals surface area contributed by atoms with Crippen LogP contribution in [0.4, 0.5) is 4.79 Å². The molecule has 3 aliphatic rings. The number of halogens is 1. The Bertz CT molecular complexity index is 1340. The molecule has 3 aliphatic heterocycles. The van der Waals surface area contributed by atoms with Crippen molar-refractivity contribution < 1.29 is 28.3 Å². The van der Waals surface area contributed by atoms with Crippen LogP contribution in [-0.2, 0) is 29.9 Å². The molecule has 256 valence electrons. The molecular formula is C34H54BClN4O6. The SMILES string of the molecule is CN1CCN(C(=O)OC(C)(C)C)C[C@H](COCCCCc2c(Cl)cc3c(cnn3C3CCCCO3)c2B2OC(C)(C)C(C)(C)O2)C1. The molecular weight excluding hydrogens is 607 g/mol. The Labute approximate surface area is 280 Å². The second kappa shape index (κ2) is 14.3. The van der Waals surface area contributed by atoms with Crippen LogP contribution in [0.15, 0.2) is 12.3 Å². The van der Waals surface area contributed by atoms with Crippen molar-refractivity contribution in [2.45, 2.75) is 110 Å². The molecule has 1 aromatic carbocycles. The highest BCUT2D eigenvalue weighted by atomic mass is 35.5. The zero-order chi connectivity index (χ0) is 33.3. The molecule has 3 fully saturated rings. The third-order valence-electron chi connectivity index (χ3n) is 9.69. The Balaban J connectivity index is 1.24. The number of unbranched alkanes of at least 4 members (excludes halogenated alkanes) is 1. The standard InChI is InChI=1S/C34H54BClN4O6/c1-32(2,3)44-31(41)39-16-15-38(8)21-24(22-39)23-42-17-11-9-13-25-27(36)19-28-26(20-37-40(28)29-14-10-12-18-43-29)30(25)35-45-33(4,5)34(6,7)46-35/h19-20,24,29H,9-18,21-23H2,1-8H3/t24-,29?/m1/s1. The van der Waals surface area contributed by atoms with Crippen LogP contribution in [0.25, 0.3) is 10.9 Å². The summed E-state index contributed by atoms with van der Waals surface area (Å²) in [7, 11) is 1.54. The summed E-state index contributed by atoms with van der Waals surface area (Å²) in [4.78, 5) is 16.8. The van der Waals surface area contributed by atoms with Crippen LogP contribution in [0.2, 0.25) is 5.02 Å². The lowest BCUT2D eigenvalue weighted by Crippen LogP contribution is -2.41. The van der Waals surface area contributed by atoms with Crippen LogP contribution in [0.5, 0.6) is 0 Å². The van der Waals surface area contributed by atoms with E-state index in [0.29, 0.717) is 31.3 Å². The molecule has 12 heteroatoms. The number of fused-ring (bicyclic) bond motifs is 1. The van der Waals surface area contributed by atoms with E-state index in [9.17, 15) is 4.79 Å². The van der Waals surface area contributed by atoms with Gasteiger partial charge in [0.25, 0.3) is 0 Å². The van der Waals surface area contributed by atoms with E-state index < -0.39 is 23.9 Å². The molecule has 0 aliphatic carbocycles. The summed E-state index contributed by atoms with van der Waals surface area (Å²) in [6, 6.07) is 2.03. The molecule has 4 heterocycles. The number of hydrogen-bond acceptors (Lipinski definition) is 8. The Morgan fingerprint density at radius 1 is 1.11 bits per heavy atom. The number of nitrogens with zero attached hydrogens (tertiary/aromatic N) is 4. The van der Waals surface area contributed by atoms with E-state index in [-0.39, 0.29) is 18.2 Å². The normalized spacial score (nSPS) is 24.0. The Morgan fingerprint density at radius 2 is 1.85 bits per heavy atom. The van der Waals surface area contributed by atoms with E-state index in [0.717, 1.165) is 80.2 Å². The summed E-state index contributed by atoms with van der Waals surface area (Å²) >= 11 is 7.08. The quantitative estimate of drug-likeness (QED) is 0.246. The third-order valence-corrected chi connectivity index (χ3v) is 10.0. The number of aromatic nitrogens is 2. The predicted molar refractivity (Wildman–Crippen MR) is 182 cm³/mol. The van der Waals surface area contributed by atoms with E-state index in [2.05, 4.69) is 39.6 Å². The summed E-state index contributed by atoms with van der Waals surface area (Å²) in [5.41, 5.74) is 1.47. The molecule has 1 aromatic heterocycles. The van der Waals surface area contributed by atoms with E-state index in [4.69, 9.17) is 40.2 Å². The van der Waals surface area contributed by atoms with Gasteiger partial charge in [0.05, 0.1) is 29.5 Å². The molecule has 2 aromatic rings. The van der Waals surface area contributed by atoms with Gasteiger partial charge in [-0.1, -0.05) is 11.6 Å². The van der Waals surface area contributed by atoms with Gasteiger partial charge >= 0.3 is 13.2 Å². The van der Waals surface area contributed by atoms with Gasteiger partial charge in [0, 0.05) is 55.7 Å². The van der Waals surface area contributed by atoms with Crippen molar-refractivity contribution >= 4 is 41.2 Å². The maximum atomic E-state index is 12.8. The lowest BCUT2D eigenvalue weighted by molar-refractivity contribution is -0.0366.